The van der Waals surface area contributed by atoms with Crippen molar-refractivity contribution in [3.8, 4) is 34.4 Å². The average molecular weight is 490 g/mol. The second kappa shape index (κ2) is 10.4. The Labute approximate surface area is 214 Å². The molecule has 4 aromatic rings. The highest BCUT2D eigenvalue weighted by atomic mass is 16.5. The first-order chi connectivity index (χ1) is 18.0. The maximum atomic E-state index is 12.9. The summed E-state index contributed by atoms with van der Waals surface area (Å²) < 4.78 is 11.5. The van der Waals surface area contributed by atoms with Gasteiger partial charge in [0.15, 0.2) is 5.78 Å². The van der Waals surface area contributed by atoms with Gasteiger partial charge in [-0.3, -0.25) is 9.59 Å². The van der Waals surface area contributed by atoms with E-state index in [9.17, 15) is 20.0 Å². The topological polar surface area (TPSA) is 96.6 Å². The SMILES string of the molecule is N#Cc1cc2c(cc1Oc1ccc(C(=O)Cc3cccc(-c4ccccc4)c3)cc1)OCCC2C(=O)O. The number of carbonyl (C=O) groups is 2. The van der Waals surface area contributed by atoms with Crippen molar-refractivity contribution in [2.45, 2.75) is 18.8 Å². The zero-order valence-electron chi connectivity index (χ0n) is 19.9. The summed E-state index contributed by atoms with van der Waals surface area (Å²) in [6.07, 6.45) is 0.617. The minimum absolute atomic E-state index is 0.0173. The predicted octanol–water partition coefficient (Wildman–Crippen LogP) is 6.39. The predicted molar refractivity (Wildman–Crippen MR) is 138 cm³/mol. The van der Waals surface area contributed by atoms with Crippen LogP contribution in [-0.2, 0) is 11.2 Å². The second-order valence-electron chi connectivity index (χ2n) is 8.82. The zero-order valence-corrected chi connectivity index (χ0v) is 19.9. The molecule has 4 aromatic carbocycles. The number of ether oxygens (including phenoxy) is 2. The quantitative estimate of drug-likeness (QED) is 0.302. The lowest BCUT2D eigenvalue weighted by molar-refractivity contribution is -0.139. The molecular formula is C31H23NO5. The van der Waals surface area contributed by atoms with Crippen LogP contribution < -0.4 is 9.47 Å². The number of benzene rings is 4. The summed E-state index contributed by atoms with van der Waals surface area (Å²) in [5.74, 6) is -0.569. The first-order valence-electron chi connectivity index (χ1n) is 11.9. The lowest BCUT2D eigenvalue weighted by Crippen LogP contribution is -2.21. The molecule has 0 saturated heterocycles. The molecule has 0 aromatic heterocycles. The molecule has 37 heavy (non-hydrogen) atoms. The van der Waals surface area contributed by atoms with Crippen LogP contribution in [0, 0.1) is 11.3 Å². The van der Waals surface area contributed by atoms with Crippen LogP contribution >= 0.6 is 0 Å². The molecule has 0 spiro atoms. The van der Waals surface area contributed by atoms with Gasteiger partial charge in [-0.15, -0.1) is 0 Å². The Morgan fingerprint density at radius 3 is 2.43 bits per heavy atom. The summed E-state index contributed by atoms with van der Waals surface area (Å²) in [6, 6.07) is 29.9. The molecule has 1 heterocycles. The second-order valence-corrected chi connectivity index (χ2v) is 8.82. The number of aliphatic carboxylic acids is 1. The van der Waals surface area contributed by atoms with Gasteiger partial charge in [0.25, 0.3) is 0 Å². The summed E-state index contributed by atoms with van der Waals surface area (Å²) in [4.78, 5) is 24.5. The third kappa shape index (κ3) is 5.21. The average Bonchev–Trinajstić information content (AvgIpc) is 2.93. The Kier molecular flexibility index (Phi) is 6.69. The Bertz CT molecular complexity index is 1500. The van der Waals surface area contributed by atoms with Crippen molar-refractivity contribution >= 4 is 11.8 Å². The highest BCUT2D eigenvalue weighted by Crippen LogP contribution is 2.39. The monoisotopic (exact) mass is 489 g/mol. The van der Waals surface area contributed by atoms with E-state index in [4.69, 9.17) is 9.47 Å². The third-order valence-corrected chi connectivity index (χ3v) is 6.37. The number of nitrogens with zero attached hydrogens (tertiary/aromatic N) is 1. The zero-order chi connectivity index (χ0) is 25.8. The van der Waals surface area contributed by atoms with Crippen LogP contribution in [-0.4, -0.2) is 23.5 Å². The van der Waals surface area contributed by atoms with Gasteiger partial charge in [0.05, 0.1) is 18.1 Å². The van der Waals surface area contributed by atoms with E-state index in [1.807, 2.05) is 54.6 Å². The maximum Gasteiger partial charge on any atom is 0.311 e. The highest BCUT2D eigenvalue weighted by molar-refractivity contribution is 5.97. The molecule has 0 fully saturated rings. The number of ketones is 1. The molecule has 1 aliphatic rings. The number of rotatable bonds is 7. The lowest BCUT2D eigenvalue weighted by atomic mass is 9.91. The number of Topliss-reactive ketones (excluding diaryl/α,β-unsaturated/α-hetero) is 1. The van der Waals surface area contributed by atoms with E-state index in [0.29, 0.717) is 29.0 Å². The fraction of sp³-hybridized carbons (Fsp3) is 0.129. The van der Waals surface area contributed by atoms with E-state index < -0.39 is 11.9 Å². The van der Waals surface area contributed by atoms with E-state index in [2.05, 4.69) is 6.07 Å². The fourth-order valence-electron chi connectivity index (χ4n) is 4.46. The van der Waals surface area contributed by atoms with E-state index in [0.717, 1.165) is 16.7 Å². The molecule has 0 amide bonds. The Balaban J connectivity index is 1.31. The Hall–Kier alpha value is -4.89. The molecule has 6 heteroatoms. The Morgan fingerprint density at radius 2 is 1.70 bits per heavy atom. The van der Waals surface area contributed by atoms with Crippen molar-refractivity contribution in [1.29, 1.82) is 5.26 Å². The number of hydrogen-bond donors (Lipinski definition) is 1. The van der Waals surface area contributed by atoms with Crippen LogP contribution in [0.3, 0.4) is 0 Å². The summed E-state index contributed by atoms with van der Waals surface area (Å²) in [6.45, 7) is 0.278. The molecule has 5 rings (SSSR count). The largest absolute Gasteiger partial charge is 0.493 e. The number of hydrogen-bond acceptors (Lipinski definition) is 5. The van der Waals surface area contributed by atoms with Crippen LogP contribution in [0.5, 0.6) is 17.2 Å². The highest BCUT2D eigenvalue weighted by Gasteiger charge is 2.29. The van der Waals surface area contributed by atoms with Crippen LogP contribution in [0.4, 0.5) is 0 Å². The van der Waals surface area contributed by atoms with Gasteiger partial charge in [-0.05, 0) is 53.4 Å². The first-order valence-corrected chi connectivity index (χ1v) is 11.9. The van der Waals surface area contributed by atoms with Crippen molar-refractivity contribution in [3.63, 3.8) is 0 Å². The summed E-state index contributed by atoms with van der Waals surface area (Å²) in [7, 11) is 0. The van der Waals surface area contributed by atoms with E-state index >= 15 is 0 Å². The smallest absolute Gasteiger partial charge is 0.311 e. The Morgan fingerprint density at radius 1 is 0.946 bits per heavy atom. The van der Waals surface area contributed by atoms with Crippen molar-refractivity contribution in [2.75, 3.05) is 6.61 Å². The van der Waals surface area contributed by atoms with Gasteiger partial charge in [-0.25, -0.2) is 0 Å². The van der Waals surface area contributed by atoms with Crippen molar-refractivity contribution < 1.29 is 24.2 Å². The molecule has 0 bridgehead atoms. The molecule has 6 nitrogen and oxygen atoms in total. The minimum Gasteiger partial charge on any atom is -0.493 e. The normalized spacial score (nSPS) is 14.1. The molecule has 1 N–H and O–H groups in total. The van der Waals surface area contributed by atoms with Crippen LogP contribution in [0.15, 0.2) is 91.0 Å². The van der Waals surface area contributed by atoms with Crippen molar-refractivity contribution in [2.24, 2.45) is 0 Å². The van der Waals surface area contributed by atoms with Gasteiger partial charge in [0.2, 0.25) is 0 Å². The van der Waals surface area contributed by atoms with E-state index in [1.54, 1.807) is 30.3 Å². The van der Waals surface area contributed by atoms with Crippen LogP contribution in [0.25, 0.3) is 11.1 Å². The van der Waals surface area contributed by atoms with Gasteiger partial charge in [0.1, 0.15) is 23.3 Å². The summed E-state index contributed by atoms with van der Waals surface area (Å²) in [5.41, 5.74) is 4.33. The standard InChI is InChI=1S/C31H23NO5/c32-19-24-17-27-26(31(34)35)13-14-36-30(27)18-29(24)37-25-11-9-22(10-12-25)28(33)16-20-5-4-8-23(15-20)21-6-2-1-3-7-21/h1-12,15,17-18,26H,13-14,16H2,(H,34,35). The number of carboxylic acid groups (broad SMARTS) is 1. The van der Waals surface area contributed by atoms with Crippen LogP contribution in [0.1, 0.15) is 39.4 Å². The van der Waals surface area contributed by atoms with E-state index in [-0.39, 0.29) is 30.1 Å². The molecule has 1 unspecified atom stereocenters. The number of fused-ring (bicyclic) bond motifs is 1. The molecule has 182 valence electrons. The molecule has 0 radical (unpaired) electrons. The minimum atomic E-state index is -0.950. The number of nitriles is 1. The van der Waals surface area contributed by atoms with E-state index in [1.165, 1.54) is 6.07 Å². The number of carbonyl (C=O) groups excluding carboxylic acids is 1. The molecule has 0 saturated carbocycles. The van der Waals surface area contributed by atoms with Gasteiger partial charge >= 0.3 is 5.97 Å². The molecule has 1 aliphatic heterocycles. The maximum absolute atomic E-state index is 12.9. The van der Waals surface area contributed by atoms with Crippen LogP contribution in [0.2, 0.25) is 0 Å². The van der Waals surface area contributed by atoms with Gasteiger partial charge in [-0.2, -0.15) is 5.26 Å². The molecule has 1 atom stereocenters. The van der Waals surface area contributed by atoms with Gasteiger partial charge in [-0.1, -0.05) is 54.6 Å². The van der Waals surface area contributed by atoms with Crippen molar-refractivity contribution in [3.05, 3.63) is 113 Å². The lowest BCUT2D eigenvalue weighted by Gasteiger charge is -2.24. The van der Waals surface area contributed by atoms with Crippen molar-refractivity contribution in [1.82, 2.24) is 0 Å². The molecule has 0 aliphatic carbocycles. The summed E-state index contributed by atoms with van der Waals surface area (Å²) >= 11 is 0. The number of carboxylic acids is 1. The first kappa shape index (κ1) is 23.8. The summed E-state index contributed by atoms with van der Waals surface area (Å²) in [5, 5.41) is 19.1. The van der Waals surface area contributed by atoms with Gasteiger partial charge < -0.3 is 14.6 Å². The third-order valence-electron chi connectivity index (χ3n) is 6.37. The molecular weight excluding hydrogens is 466 g/mol. The van der Waals surface area contributed by atoms with Gasteiger partial charge in [0, 0.05) is 23.6 Å². The fourth-order valence-corrected chi connectivity index (χ4v) is 4.46.